The van der Waals surface area contributed by atoms with E-state index in [9.17, 15) is 9.59 Å². The number of nitrogens with one attached hydrogen (secondary N) is 1. The minimum atomic E-state index is -0.336. The number of rotatable bonds is 6. The van der Waals surface area contributed by atoms with Gasteiger partial charge in [-0.3, -0.25) is 4.79 Å². The van der Waals surface area contributed by atoms with Gasteiger partial charge in [0.05, 0.1) is 6.04 Å². The number of aldehydes is 1. The maximum Gasteiger partial charge on any atom is 0.279 e. The Kier molecular flexibility index (Phi) is 13.3. The second-order valence-electron chi connectivity index (χ2n) is 4.51. The van der Waals surface area contributed by atoms with Gasteiger partial charge in [-0.25, -0.2) is 0 Å². The number of carbonyl (C=O) groups excluding carboxylic acids is 2. The summed E-state index contributed by atoms with van der Waals surface area (Å²) in [5.74, 6) is 1.69. The van der Waals surface area contributed by atoms with Gasteiger partial charge in [0.2, 0.25) is 0 Å². The van der Waals surface area contributed by atoms with Crippen LogP contribution in [0.15, 0.2) is 0 Å². The fourth-order valence-corrected chi connectivity index (χ4v) is 1.81. The van der Waals surface area contributed by atoms with Gasteiger partial charge in [-0.1, -0.05) is 53.3 Å². The van der Waals surface area contributed by atoms with Gasteiger partial charge in [0.1, 0.15) is 6.29 Å². The summed E-state index contributed by atoms with van der Waals surface area (Å²) < 4.78 is 0. The van der Waals surface area contributed by atoms with Gasteiger partial charge in [0.25, 0.3) is 5.24 Å². The van der Waals surface area contributed by atoms with Crippen LogP contribution in [0.5, 0.6) is 0 Å². The second kappa shape index (κ2) is 12.0. The first-order chi connectivity index (χ1) is 7.95. The molecule has 1 amide bonds. The lowest BCUT2D eigenvalue weighted by atomic mass is 10.1. The van der Waals surface area contributed by atoms with Crippen molar-refractivity contribution < 1.29 is 9.59 Å². The molecular formula is C13H27NO2S. The molecule has 0 bridgehead atoms. The van der Waals surface area contributed by atoms with E-state index in [0.717, 1.165) is 12.0 Å². The van der Waals surface area contributed by atoms with Crippen molar-refractivity contribution in [3.8, 4) is 0 Å². The van der Waals surface area contributed by atoms with Gasteiger partial charge < -0.3 is 10.1 Å². The van der Waals surface area contributed by atoms with E-state index in [2.05, 4.69) is 19.2 Å². The predicted octanol–water partition coefficient (Wildman–Crippen LogP) is 3.73. The highest BCUT2D eigenvalue weighted by molar-refractivity contribution is 8.13. The Labute approximate surface area is 110 Å². The summed E-state index contributed by atoms with van der Waals surface area (Å²) in [7, 11) is 0. The maximum absolute atomic E-state index is 11.4. The SMILES string of the molecule is CC.CC(C)CSC(=O)NC(C=O)CC(C)C. The van der Waals surface area contributed by atoms with Crippen LogP contribution in [0.25, 0.3) is 0 Å². The van der Waals surface area contributed by atoms with Crippen molar-refractivity contribution in [2.75, 3.05) is 5.75 Å². The average molecular weight is 261 g/mol. The fraction of sp³-hybridized carbons (Fsp3) is 0.846. The summed E-state index contributed by atoms with van der Waals surface area (Å²) in [6.07, 6.45) is 1.52. The van der Waals surface area contributed by atoms with E-state index in [1.54, 1.807) is 0 Å². The van der Waals surface area contributed by atoms with E-state index in [1.165, 1.54) is 11.8 Å². The molecule has 3 nitrogen and oxygen atoms in total. The molecule has 0 saturated carbocycles. The first-order valence-electron chi connectivity index (χ1n) is 6.34. The molecule has 0 heterocycles. The lowest BCUT2D eigenvalue weighted by molar-refractivity contribution is -0.109. The van der Waals surface area contributed by atoms with Crippen LogP contribution in [0.4, 0.5) is 4.79 Å². The third-order valence-electron chi connectivity index (χ3n) is 1.74. The standard InChI is InChI=1S/C11H21NO2S.C2H6/c1-8(2)5-10(6-13)12-11(14)15-7-9(3)4;1-2/h6,8-10H,5,7H2,1-4H3,(H,12,14);1-2H3. The Balaban J connectivity index is 0. The number of carbonyl (C=O) groups is 2. The number of hydrogen-bond donors (Lipinski definition) is 1. The molecule has 0 aliphatic heterocycles. The number of hydrogen-bond acceptors (Lipinski definition) is 3. The molecule has 0 aromatic carbocycles. The molecule has 0 saturated heterocycles. The van der Waals surface area contributed by atoms with Crippen molar-refractivity contribution in [3.63, 3.8) is 0 Å². The minimum absolute atomic E-state index is 0.0959. The van der Waals surface area contributed by atoms with Crippen LogP contribution in [0.1, 0.15) is 48.0 Å². The van der Waals surface area contributed by atoms with Crippen molar-refractivity contribution in [2.24, 2.45) is 11.8 Å². The quantitative estimate of drug-likeness (QED) is 0.741. The highest BCUT2D eigenvalue weighted by Gasteiger charge is 2.13. The molecule has 0 fully saturated rings. The fourth-order valence-electron chi connectivity index (χ4n) is 1.09. The van der Waals surface area contributed by atoms with Crippen molar-refractivity contribution in [3.05, 3.63) is 0 Å². The lowest BCUT2D eigenvalue weighted by Crippen LogP contribution is -2.34. The molecule has 0 rings (SSSR count). The topological polar surface area (TPSA) is 46.2 Å². The van der Waals surface area contributed by atoms with Gasteiger partial charge in [0, 0.05) is 5.75 Å². The van der Waals surface area contributed by atoms with E-state index in [1.807, 2.05) is 27.7 Å². The molecule has 1 N–H and O–H groups in total. The summed E-state index contributed by atoms with van der Waals surface area (Å²) in [4.78, 5) is 22.1. The molecule has 0 spiro atoms. The molecule has 0 aromatic rings. The molecule has 0 radical (unpaired) electrons. The molecule has 0 aromatic heterocycles. The summed E-state index contributed by atoms with van der Waals surface area (Å²) in [6, 6.07) is -0.336. The van der Waals surface area contributed by atoms with E-state index < -0.39 is 0 Å². The monoisotopic (exact) mass is 261 g/mol. The maximum atomic E-state index is 11.4. The van der Waals surface area contributed by atoms with Crippen LogP contribution in [0, 0.1) is 11.8 Å². The third-order valence-corrected chi connectivity index (χ3v) is 2.95. The summed E-state index contributed by atoms with van der Waals surface area (Å²) in [6.45, 7) is 12.2. The molecule has 102 valence electrons. The highest BCUT2D eigenvalue weighted by Crippen LogP contribution is 2.10. The zero-order valence-electron chi connectivity index (χ0n) is 11.9. The zero-order valence-corrected chi connectivity index (χ0v) is 12.8. The first kappa shape index (κ1) is 18.8. The molecule has 17 heavy (non-hydrogen) atoms. The van der Waals surface area contributed by atoms with Crippen LogP contribution in [0.2, 0.25) is 0 Å². The molecular weight excluding hydrogens is 234 g/mol. The van der Waals surface area contributed by atoms with Crippen molar-refractivity contribution >= 4 is 23.3 Å². The number of thioether (sulfide) groups is 1. The van der Waals surface area contributed by atoms with Gasteiger partial charge in [-0.05, 0) is 18.3 Å². The van der Waals surface area contributed by atoms with E-state index >= 15 is 0 Å². The highest BCUT2D eigenvalue weighted by atomic mass is 32.2. The van der Waals surface area contributed by atoms with Crippen LogP contribution in [-0.2, 0) is 4.79 Å². The first-order valence-corrected chi connectivity index (χ1v) is 7.32. The van der Waals surface area contributed by atoms with Crippen molar-refractivity contribution in [1.29, 1.82) is 0 Å². The van der Waals surface area contributed by atoms with Crippen LogP contribution in [-0.4, -0.2) is 23.3 Å². The Bertz CT molecular complexity index is 206. The lowest BCUT2D eigenvalue weighted by Gasteiger charge is -2.14. The predicted molar refractivity (Wildman–Crippen MR) is 76.5 cm³/mol. The van der Waals surface area contributed by atoms with Crippen LogP contribution >= 0.6 is 11.8 Å². The van der Waals surface area contributed by atoms with Crippen molar-refractivity contribution in [1.82, 2.24) is 5.32 Å². The Morgan fingerprint density at radius 3 is 2.06 bits per heavy atom. The Morgan fingerprint density at radius 2 is 1.71 bits per heavy atom. The third kappa shape index (κ3) is 13.4. The van der Waals surface area contributed by atoms with Gasteiger partial charge >= 0.3 is 0 Å². The summed E-state index contributed by atoms with van der Waals surface area (Å²) in [5.41, 5.74) is 0. The van der Waals surface area contributed by atoms with E-state index in [4.69, 9.17) is 0 Å². The average Bonchev–Trinajstić information content (AvgIpc) is 2.27. The zero-order chi connectivity index (χ0) is 13.8. The minimum Gasteiger partial charge on any atom is -0.337 e. The van der Waals surface area contributed by atoms with E-state index in [-0.39, 0.29) is 11.3 Å². The van der Waals surface area contributed by atoms with Gasteiger partial charge in [-0.2, -0.15) is 0 Å². The summed E-state index contributed by atoms with van der Waals surface area (Å²) >= 11 is 1.25. The Morgan fingerprint density at radius 1 is 1.18 bits per heavy atom. The molecule has 0 aliphatic carbocycles. The normalized spacial score (nSPS) is 11.8. The van der Waals surface area contributed by atoms with Gasteiger partial charge in [-0.15, -0.1) is 0 Å². The van der Waals surface area contributed by atoms with Crippen LogP contribution in [0.3, 0.4) is 0 Å². The largest absolute Gasteiger partial charge is 0.337 e. The number of amides is 1. The van der Waals surface area contributed by atoms with E-state index in [0.29, 0.717) is 18.3 Å². The smallest absolute Gasteiger partial charge is 0.279 e. The second-order valence-corrected chi connectivity index (χ2v) is 5.50. The molecule has 1 unspecified atom stereocenters. The van der Waals surface area contributed by atoms with Gasteiger partial charge in [0.15, 0.2) is 0 Å². The molecule has 0 aliphatic rings. The Hall–Kier alpha value is -0.510. The summed E-state index contributed by atoms with van der Waals surface area (Å²) in [5, 5.41) is 2.61. The molecule has 4 heteroatoms. The molecule has 1 atom stereocenters. The van der Waals surface area contributed by atoms with Crippen LogP contribution < -0.4 is 5.32 Å². The van der Waals surface area contributed by atoms with Crippen molar-refractivity contribution in [2.45, 2.75) is 54.0 Å².